The van der Waals surface area contributed by atoms with Gasteiger partial charge in [-0.2, -0.15) is 0 Å². The third-order valence-electron chi connectivity index (χ3n) is 3.31. The number of nitrogens with one attached hydrogen (secondary N) is 1. The summed E-state index contributed by atoms with van der Waals surface area (Å²) in [7, 11) is -4.03. The van der Waals surface area contributed by atoms with E-state index in [0.717, 1.165) is 24.4 Å². The normalized spacial score (nSPS) is 11.3. The largest absolute Gasteiger partial charge is 0.296 e. The maximum atomic E-state index is 13.7. The van der Waals surface area contributed by atoms with Crippen LogP contribution in [0.1, 0.15) is 16.1 Å². The molecule has 0 radical (unpaired) electrons. The van der Waals surface area contributed by atoms with Crippen LogP contribution in [0, 0.1) is 11.6 Å². The van der Waals surface area contributed by atoms with Crippen molar-refractivity contribution in [2.75, 3.05) is 5.32 Å². The van der Waals surface area contributed by atoms with Crippen molar-refractivity contribution in [2.24, 2.45) is 0 Å². The summed E-state index contributed by atoms with van der Waals surface area (Å²) >= 11 is 0.690. The van der Waals surface area contributed by atoms with Crippen LogP contribution in [0.3, 0.4) is 0 Å². The molecule has 0 aliphatic carbocycles. The summed E-state index contributed by atoms with van der Waals surface area (Å²) in [5.74, 6) is -3.28. The molecule has 26 heavy (non-hydrogen) atoms. The fraction of sp³-hybridized carbons (Fsp3) is 0.0625. The summed E-state index contributed by atoms with van der Waals surface area (Å²) in [6.45, 7) is 0. The second-order valence-corrected chi connectivity index (χ2v) is 8.36. The van der Waals surface area contributed by atoms with Crippen LogP contribution in [0.5, 0.6) is 0 Å². The lowest BCUT2D eigenvalue weighted by molar-refractivity contribution is 0.102. The Kier molecular flexibility index (Phi) is 5.05. The van der Waals surface area contributed by atoms with Crippen LogP contribution in [0.4, 0.5) is 13.9 Å². The van der Waals surface area contributed by atoms with Crippen molar-refractivity contribution in [1.29, 1.82) is 0 Å². The molecule has 1 amide bonds. The number of halogens is 2. The predicted octanol–water partition coefficient (Wildman–Crippen LogP) is 3.04. The number of thiazole rings is 1. The van der Waals surface area contributed by atoms with E-state index in [1.54, 1.807) is 12.1 Å². The molecule has 0 saturated heterocycles. The quantitative estimate of drug-likeness (QED) is 0.717. The Hall–Kier alpha value is -2.72. The molecule has 0 aliphatic heterocycles. The van der Waals surface area contributed by atoms with E-state index in [4.69, 9.17) is 0 Å². The van der Waals surface area contributed by atoms with Gasteiger partial charge in [-0.3, -0.25) is 15.1 Å². The first-order valence-electron chi connectivity index (χ1n) is 7.21. The molecular formula is C16H11F2N3O3S2. The van der Waals surface area contributed by atoms with Gasteiger partial charge >= 0.3 is 0 Å². The first-order chi connectivity index (χ1) is 12.4. The monoisotopic (exact) mass is 395 g/mol. The minimum Gasteiger partial charge on any atom is -0.296 e. The van der Waals surface area contributed by atoms with Crippen molar-refractivity contribution < 1.29 is 22.0 Å². The molecule has 2 aromatic heterocycles. The maximum absolute atomic E-state index is 13.7. The molecule has 0 aliphatic rings. The number of carbonyl (C=O) groups is 1. The average Bonchev–Trinajstić information content (AvgIpc) is 3.08. The molecule has 1 aromatic carbocycles. The zero-order chi connectivity index (χ0) is 18.7. The van der Waals surface area contributed by atoms with Gasteiger partial charge in [0.05, 0.1) is 11.9 Å². The number of rotatable bonds is 5. The number of benzene rings is 1. The van der Waals surface area contributed by atoms with Crippen molar-refractivity contribution in [2.45, 2.75) is 9.96 Å². The highest BCUT2D eigenvalue weighted by atomic mass is 32.2. The van der Waals surface area contributed by atoms with E-state index in [-0.39, 0.29) is 15.0 Å². The highest BCUT2D eigenvalue weighted by Crippen LogP contribution is 2.27. The second-order valence-electron chi connectivity index (χ2n) is 5.11. The summed E-state index contributed by atoms with van der Waals surface area (Å²) in [5, 5.41) is 2.47. The molecule has 0 bridgehead atoms. The summed E-state index contributed by atoms with van der Waals surface area (Å²) in [6.07, 6.45) is 2.47. The minimum absolute atomic E-state index is 0.0354. The number of anilines is 1. The predicted molar refractivity (Wildman–Crippen MR) is 91.6 cm³/mol. The zero-order valence-electron chi connectivity index (χ0n) is 13.0. The van der Waals surface area contributed by atoms with E-state index in [9.17, 15) is 22.0 Å². The van der Waals surface area contributed by atoms with Gasteiger partial charge in [0.1, 0.15) is 21.5 Å². The third-order valence-corrected chi connectivity index (χ3v) is 6.41. The van der Waals surface area contributed by atoms with Crippen LogP contribution < -0.4 is 5.32 Å². The van der Waals surface area contributed by atoms with Crippen molar-refractivity contribution in [1.82, 2.24) is 9.97 Å². The molecule has 0 unspecified atom stereocenters. The Bertz CT molecular complexity index is 1030. The number of aromatic nitrogens is 2. The Morgan fingerprint density at radius 2 is 1.81 bits per heavy atom. The van der Waals surface area contributed by atoms with E-state index in [0.29, 0.717) is 11.3 Å². The Balaban J connectivity index is 1.79. The first kappa shape index (κ1) is 18.1. The van der Waals surface area contributed by atoms with Crippen LogP contribution in [-0.4, -0.2) is 24.3 Å². The highest BCUT2D eigenvalue weighted by molar-refractivity contribution is 7.92. The maximum Gasteiger partial charge on any atom is 0.276 e. The Morgan fingerprint density at radius 3 is 2.46 bits per heavy atom. The molecule has 6 nitrogen and oxygen atoms in total. The summed E-state index contributed by atoms with van der Waals surface area (Å²) in [5.41, 5.74) is -0.402. The van der Waals surface area contributed by atoms with Gasteiger partial charge in [0, 0.05) is 11.8 Å². The van der Waals surface area contributed by atoms with E-state index in [1.807, 2.05) is 0 Å². The standard InChI is InChI=1S/C16H11F2N3O3S2/c17-11-4-3-5-12(18)10(11)9-26(23,24)14-8-20-16(25-14)21-15(22)13-6-1-2-7-19-13/h1-8H,9H2,(H,20,21,22). The number of nitrogens with zero attached hydrogens (tertiary/aromatic N) is 2. The minimum atomic E-state index is -4.03. The van der Waals surface area contributed by atoms with E-state index < -0.39 is 38.7 Å². The smallest absolute Gasteiger partial charge is 0.276 e. The SMILES string of the molecule is O=C(Nc1ncc(S(=O)(=O)Cc2c(F)cccc2F)s1)c1ccccn1. The molecule has 0 fully saturated rings. The third kappa shape index (κ3) is 3.92. The van der Waals surface area contributed by atoms with Crippen LogP contribution >= 0.6 is 11.3 Å². The molecular weight excluding hydrogens is 384 g/mol. The molecule has 0 atom stereocenters. The summed E-state index contributed by atoms with van der Waals surface area (Å²) in [6, 6.07) is 7.88. The number of sulfone groups is 1. The van der Waals surface area contributed by atoms with E-state index in [2.05, 4.69) is 15.3 Å². The molecule has 10 heteroatoms. The van der Waals surface area contributed by atoms with E-state index >= 15 is 0 Å². The Morgan fingerprint density at radius 1 is 1.08 bits per heavy atom. The van der Waals surface area contributed by atoms with Gasteiger partial charge in [-0.15, -0.1) is 0 Å². The van der Waals surface area contributed by atoms with Crippen molar-refractivity contribution in [3.05, 3.63) is 71.7 Å². The van der Waals surface area contributed by atoms with Gasteiger partial charge in [-0.25, -0.2) is 22.2 Å². The lowest BCUT2D eigenvalue weighted by atomic mass is 10.2. The number of hydrogen-bond acceptors (Lipinski definition) is 6. The number of hydrogen-bond donors (Lipinski definition) is 1. The van der Waals surface area contributed by atoms with Crippen LogP contribution in [0.25, 0.3) is 0 Å². The number of amides is 1. The van der Waals surface area contributed by atoms with Gasteiger partial charge in [0.15, 0.2) is 15.0 Å². The fourth-order valence-electron chi connectivity index (χ4n) is 2.05. The molecule has 134 valence electrons. The number of carbonyl (C=O) groups excluding carboxylic acids is 1. The van der Waals surface area contributed by atoms with Crippen LogP contribution in [-0.2, 0) is 15.6 Å². The van der Waals surface area contributed by atoms with Crippen LogP contribution in [0.15, 0.2) is 53.0 Å². The van der Waals surface area contributed by atoms with Gasteiger partial charge in [0.25, 0.3) is 5.91 Å². The van der Waals surface area contributed by atoms with E-state index in [1.165, 1.54) is 12.3 Å². The van der Waals surface area contributed by atoms with Crippen molar-refractivity contribution in [3.63, 3.8) is 0 Å². The van der Waals surface area contributed by atoms with Gasteiger partial charge < -0.3 is 0 Å². The summed E-state index contributed by atoms with van der Waals surface area (Å²) in [4.78, 5) is 19.7. The fourth-order valence-corrected chi connectivity index (χ4v) is 4.53. The van der Waals surface area contributed by atoms with Crippen molar-refractivity contribution in [3.8, 4) is 0 Å². The molecule has 3 aromatic rings. The van der Waals surface area contributed by atoms with Crippen molar-refractivity contribution >= 4 is 32.2 Å². The topological polar surface area (TPSA) is 89.0 Å². The first-order valence-corrected chi connectivity index (χ1v) is 9.67. The second kappa shape index (κ2) is 7.26. The molecule has 0 saturated carbocycles. The van der Waals surface area contributed by atoms with Gasteiger partial charge in [-0.05, 0) is 24.3 Å². The van der Waals surface area contributed by atoms with Crippen LogP contribution in [0.2, 0.25) is 0 Å². The molecule has 3 rings (SSSR count). The highest BCUT2D eigenvalue weighted by Gasteiger charge is 2.23. The summed E-state index contributed by atoms with van der Waals surface area (Å²) < 4.78 is 51.9. The lowest BCUT2D eigenvalue weighted by Gasteiger charge is -2.04. The lowest BCUT2D eigenvalue weighted by Crippen LogP contribution is -2.12. The zero-order valence-corrected chi connectivity index (χ0v) is 14.7. The number of pyridine rings is 1. The van der Waals surface area contributed by atoms with Gasteiger partial charge in [-0.1, -0.05) is 23.5 Å². The molecule has 0 spiro atoms. The van der Waals surface area contributed by atoms with Gasteiger partial charge in [0.2, 0.25) is 0 Å². The molecule has 1 N–H and O–H groups in total. The Labute approximate surface area is 151 Å². The molecule has 2 heterocycles. The average molecular weight is 395 g/mol.